The van der Waals surface area contributed by atoms with Crippen molar-refractivity contribution in [3.05, 3.63) is 54.2 Å². The van der Waals surface area contributed by atoms with Crippen LogP contribution in [0.15, 0.2) is 48.7 Å². The SMILES string of the molecule is CN(C)[C@H](C(=O)N1CCCN(c2cccnn2)CC1)c1ccccc1. The summed E-state index contributed by atoms with van der Waals surface area (Å²) in [5, 5.41) is 8.15. The second kappa shape index (κ2) is 8.07. The van der Waals surface area contributed by atoms with Crippen molar-refractivity contribution in [2.75, 3.05) is 45.2 Å². The van der Waals surface area contributed by atoms with E-state index < -0.39 is 0 Å². The Labute approximate surface area is 149 Å². The van der Waals surface area contributed by atoms with E-state index in [9.17, 15) is 4.79 Å². The van der Waals surface area contributed by atoms with Crippen LogP contribution >= 0.6 is 0 Å². The highest BCUT2D eigenvalue weighted by Gasteiger charge is 2.29. The second-order valence-corrected chi connectivity index (χ2v) is 6.52. The molecule has 0 aliphatic carbocycles. The minimum Gasteiger partial charge on any atom is -0.353 e. The lowest BCUT2D eigenvalue weighted by Gasteiger charge is -2.30. The van der Waals surface area contributed by atoms with Crippen molar-refractivity contribution in [3.63, 3.8) is 0 Å². The fraction of sp³-hybridized carbons (Fsp3) is 0.421. The number of aromatic nitrogens is 2. The number of carbonyl (C=O) groups is 1. The molecule has 3 rings (SSSR count). The molecule has 2 heterocycles. The summed E-state index contributed by atoms with van der Waals surface area (Å²) in [4.78, 5) is 19.3. The molecule has 6 heteroatoms. The van der Waals surface area contributed by atoms with Crippen LogP contribution in [0, 0.1) is 0 Å². The summed E-state index contributed by atoms with van der Waals surface area (Å²) in [6.45, 7) is 3.14. The number of rotatable bonds is 4. The van der Waals surface area contributed by atoms with Crippen molar-refractivity contribution < 1.29 is 4.79 Å². The van der Waals surface area contributed by atoms with Crippen LogP contribution in [0.25, 0.3) is 0 Å². The zero-order chi connectivity index (χ0) is 17.6. The van der Waals surface area contributed by atoms with Gasteiger partial charge in [0.1, 0.15) is 6.04 Å². The molecule has 0 spiro atoms. The fourth-order valence-corrected chi connectivity index (χ4v) is 3.30. The molecule has 0 saturated carbocycles. The first kappa shape index (κ1) is 17.4. The molecule has 1 aliphatic rings. The Morgan fingerprint density at radius 3 is 2.52 bits per heavy atom. The largest absolute Gasteiger partial charge is 0.353 e. The van der Waals surface area contributed by atoms with E-state index in [1.54, 1.807) is 6.20 Å². The molecule has 1 saturated heterocycles. The molecule has 1 amide bonds. The van der Waals surface area contributed by atoms with Gasteiger partial charge in [-0.05, 0) is 38.2 Å². The number of hydrogen-bond acceptors (Lipinski definition) is 5. The lowest BCUT2D eigenvalue weighted by molar-refractivity contribution is -0.136. The molecule has 6 nitrogen and oxygen atoms in total. The van der Waals surface area contributed by atoms with E-state index in [0.717, 1.165) is 37.4 Å². The molecule has 132 valence electrons. The Kier molecular flexibility index (Phi) is 5.60. The smallest absolute Gasteiger partial charge is 0.244 e. The highest BCUT2D eigenvalue weighted by atomic mass is 16.2. The molecule has 1 aliphatic heterocycles. The maximum atomic E-state index is 13.2. The van der Waals surface area contributed by atoms with Crippen LogP contribution < -0.4 is 4.90 Å². The number of carbonyl (C=O) groups excluding carboxylic acids is 1. The minimum absolute atomic E-state index is 0.164. The van der Waals surface area contributed by atoms with Gasteiger partial charge in [-0.2, -0.15) is 5.10 Å². The Bertz CT molecular complexity index is 677. The van der Waals surface area contributed by atoms with Gasteiger partial charge >= 0.3 is 0 Å². The Hall–Kier alpha value is -2.47. The minimum atomic E-state index is -0.246. The highest BCUT2D eigenvalue weighted by Crippen LogP contribution is 2.22. The van der Waals surface area contributed by atoms with Gasteiger partial charge in [-0.1, -0.05) is 30.3 Å². The predicted octanol–water partition coefficient (Wildman–Crippen LogP) is 1.82. The van der Waals surface area contributed by atoms with Crippen LogP contribution in [0.1, 0.15) is 18.0 Å². The zero-order valence-corrected chi connectivity index (χ0v) is 14.9. The van der Waals surface area contributed by atoms with Gasteiger partial charge in [-0.25, -0.2) is 0 Å². The monoisotopic (exact) mass is 339 g/mol. The number of likely N-dealkylation sites (N-methyl/N-ethyl adjacent to an activating group) is 1. The summed E-state index contributed by atoms with van der Waals surface area (Å²) in [7, 11) is 3.92. The topological polar surface area (TPSA) is 52.6 Å². The van der Waals surface area contributed by atoms with Crippen LogP contribution in [0.4, 0.5) is 5.82 Å². The van der Waals surface area contributed by atoms with Crippen molar-refractivity contribution in [2.45, 2.75) is 12.5 Å². The molecule has 0 unspecified atom stereocenters. The molecule has 2 aromatic rings. The molecule has 1 aromatic carbocycles. The van der Waals surface area contributed by atoms with E-state index >= 15 is 0 Å². The van der Waals surface area contributed by atoms with Crippen LogP contribution in [0.2, 0.25) is 0 Å². The van der Waals surface area contributed by atoms with Crippen LogP contribution in [0.3, 0.4) is 0 Å². The van der Waals surface area contributed by atoms with Gasteiger partial charge in [0.15, 0.2) is 5.82 Å². The molecular weight excluding hydrogens is 314 g/mol. The van der Waals surface area contributed by atoms with E-state index in [0.29, 0.717) is 6.54 Å². The zero-order valence-electron chi connectivity index (χ0n) is 14.9. The van der Waals surface area contributed by atoms with E-state index in [2.05, 4.69) is 15.1 Å². The number of hydrogen-bond donors (Lipinski definition) is 0. The third-order valence-corrected chi connectivity index (χ3v) is 4.56. The standard InChI is InChI=1S/C19H25N5O/c1-22(2)18(16-8-4-3-5-9-16)19(25)24-13-7-12-23(14-15-24)17-10-6-11-20-21-17/h3-6,8-11,18H,7,12-15H2,1-2H3/t18-/m0/s1. The molecule has 0 N–H and O–H groups in total. The van der Waals surface area contributed by atoms with Crippen molar-refractivity contribution in [1.29, 1.82) is 0 Å². The summed E-state index contributed by atoms with van der Waals surface area (Å²) in [6, 6.07) is 13.6. The van der Waals surface area contributed by atoms with E-state index in [4.69, 9.17) is 0 Å². The lowest BCUT2D eigenvalue weighted by Crippen LogP contribution is -2.42. The van der Waals surface area contributed by atoms with Crippen LogP contribution in [-0.4, -0.2) is 66.2 Å². The summed E-state index contributed by atoms with van der Waals surface area (Å²) >= 11 is 0. The highest BCUT2D eigenvalue weighted by molar-refractivity contribution is 5.83. The predicted molar refractivity (Wildman–Crippen MR) is 98.3 cm³/mol. The molecule has 0 radical (unpaired) electrons. The third kappa shape index (κ3) is 4.14. The first-order chi connectivity index (χ1) is 12.2. The maximum Gasteiger partial charge on any atom is 0.244 e. The first-order valence-corrected chi connectivity index (χ1v) is 8.69. The van der Waals surface area contributed by atoms with Gasteiger partial charge in [-0.3, -0.25) is 9.69 Å². The van der Waals surface area contributed by atoms with Crippen LogP contribution in [0.5, 0.6) is 0 Å². The lowest BCUT2D eigenvalue weighted by atomic mass is 10.0. The van der Waals surface area contributed by atoms with E-state index in [-0.39, 0.29) is 11.9 Å². The van der Waals surface area contributed by atoms with Gasteiger partial charge < -0.3 is 9.80 Å². The van der Waals surface area contributed by atoms with Gasteiger partial charge in [0.25, 0.3) is 0 Å². The van der Waals surface area contributed by atoms with E-state index in [1.807, 2.05) is 66.4 Å². The Morgan fingerprint density at radius 1 is 1.04 bits per heavy atom. The van der Waals surface area contributed by atoms with Crippen molar-refractivity contribution in [3.8, 4) is 0 Å². The van der Waals surface area contributed by atoms with Crippen molar-refractivity contribution >= 4 is 11.7 Å². The van der Waals surface area contributed by atoms with Gasteiger partial charge in [-0.15, -0.1) is 5.10 Å². The van der Waals surface area contributed by atoms with Gasteiger partial charge in [0.2, 0.25) is 5.91 Å². The van der Waals surface area contributed by atoms with Crippen LogP contribution in [-0.2, 0) is 4.79 Å². The molecule has 1 aromatic heterocycles. The molecule has 25 heavy (non-hydrogen) atoms. The van der Waals surface area contributed by atoms with Gasteiger partial charge in [0.05, 0.1) is 0 Å². The van der Waals surface area contributed by atoms with E-state index in [1.165, 1.54) is 0 Å². The fourth-order valence-electron chi connectivity index (χ4n) is 3.30. The Morgan fingerprint density at radius 2 is 1.84 bits per heavy atom. The number of amides is 1. The molecule has 1 atom stereocenters. The molecule has 0 bridgehead atoms. The van der Waals surface area contributed by atoms with Gasteiger partial charge in [0, 0.05) is 32.4 Å². The number of benzene rings is 1. The Balaban J connectivity index is 1.71. The average Bonchev–Trinajstić information content (AvgIpc) is 2.89. The second-order valence-electron chi connectivity index (χ2n) is 6.52. The maximum absolute atomic E-state index is 13.2. The molecule has 1 fully saturated rings. The van der Waals surface area contributed by atoms with Crippen molar-refractivity contribution in [2.24, 2.45) is 0 Å². The van der Waals surface area contributed by atoms with Crippen molar-refractivity contribution in [1.82, 2.24) is 20.0 Å². The summed E-state index contributed by atoms with van der Waals surface area (Å²) < 4.78 is 0. The summed E-state index contributed by atoms with van der Waals surface area (Å²) in [5.41, 5.74) is 1.03. The normalized spacial score (nSPS) is 16.6. The molecular formula is C19H25N5O. The number of nitrogens with zero attached hydrogens (tertiary/aromatic N) is 5. The average molecular weight is 339 g/mol. The number of anilines is 1. The summed E-state index contributed by atoms with van der Waals surface area (Å²) in [5.74, 6) is 1.04. The third-order valence-electron chi connectivity index (χ3n) is 4.56. The quantitative estimate of drug-likeness (QED) is 0.850. The summed E-state index contributed by atoms with van der Waals surface area (Å²) in [6.07, 6.45) is 2.61. The first-order valence-electron chi connectivity index (χ1n) is 8.69.